The van der Waals surface area contributed by atoms with E-state index in [1.165, 1.54) is 0 Å². The van der Waals surface area contributed by atoms with Crippen LogP contribution in [0.5, 0.6) is 5.75 Å². The Labute approximate surface area is 124 Å². The Morgan fingerprint density at radius 1 is 1.48 bits per heavy atom. The number of benzene rings is 1. The highest BCUT2D eigenvalue weighted by atomic mass is 16.5. The summed E-state index contributed by atoms with van der Waals surface area (Å²) in [5.74, 6) is 0.609. The molecule has 0 saturated heterocycles. The largest absolute Gasteiger partial charge is 0.491 e. The van der Waals surface area contributed by atoms with E-state index in [1.54, 1.807) is 19.1 Å². The molecule has 21 heavy (non-hydrogen) atoms. The Bertz CT molecular complexity index is 530. The second-order valence-electron chi connectivity index (χ2n) is 4.87. The Morgan fingerprint density at radius 3 is 3.05 bits per heavy atom. The smallest absolute Gasteiger partial charge is 0.230 e. The number of hydrogen-bond donors (Lipinski definition) is 1. The number of amides is 2. The van der Waals surface area contributed by atoms with Crippen molar-refractivity contribution in [2.45, 2.75) is 12.8 Å². The van der Waals surface area contributed by atoms with Gasteiger partial charge in [-0.3, -0.25) is 9.59 Å². The molecule has 0 saturated carbocycles. The number of fused-ring (bicyclic) bond motifs is 1. The number of carbonyl (C=O) groups excluding carboxylic acids is 2. The van der Waals surface area contributed by atoms with E-state index in [2.05, 4.69) is 5.32 Å². The molecule has 1 aromatic carbocycles. The lowest BCUT2D eigenvalue weighted by molar-refractivity contribution is -0.120. The van der Waals surface area contributed by atoms with Crippen molar-refractivity contribution in [2.24, 2.45) is 0 Å². The van der Waals surface area contributed by atoms with Crippen molar-refractivity contribution in [2.75, 3.05) is 38.8 Å². The average molecular weight is 292 g/mol. The minimum atomic E-state index is -0.0736. The van der Waals surface area contributed by atoms with Gasteiger partial charge in [-0.1, -0.05) is 6.07 Å². The van der Waals surface area contributed by atoms with Gasteiger partial charge in [-0.15, -0.1) is 0 Å². The molecule has 1 N–H and O–H groups in total. The van der Waals surface area contributed by atoms with Crippen molar-refractivity contribution in [3.05, 3.63) is 23.8 Å². The third-order valence-electron chi connectivity index (χ3n) is 3.33. The van der Waals surface area contributed by atoms with Gasteiger partial charge in [0.25, 0.3) is 0 Å². The molecule has 0 spiro atoms. The molecule has 6 nitrogen and oxygen atoms in total. The highest BCUT2D eigenvalue weighted by Crippen LogP contribution is 2.31. The van der Waals surface area contributed by atoms with E-state index < -0.39 is 0 Å². The molecule has 0 fully saturated rings. The van der Waals surface area contributed by atoms with Crippen LogP contribution < -0.4 is 15.0 Å². The molecule has 1 heterocycles. The van der Waals surface area contributed by atoms with E-state index in [9.17, 15) is 9.59 Å². The first-order valence-corrected chi connectivity index (χ1v) is 6.89. The zero-order chi connectivity index (χ0) is 15.2. The minimum absolute atomic E-state index is 0.00967. The highest BCUT2D eigenvalue weighted by molar-refractivity contribution is 5.95. The second kappa shape index (κ2) is 7.08. The van der Waals surface area contributed by atoms with E-state index in [0.29, 0.717) is 37.6 Å². The molecule has 114 valence electrons. The number of hydrogen-bond acceptors (Lipinski definition) is 4. The lowest BCUT2D eigenvalue weighted by Gasteiger charge is -2.17. The number of anilines is 1. The SMILES string of the molecule is COCCNC(=O)Cc1ccc2c(c1)N(C)C(=O)CCO2. The standard InChI is InChI=1S/C15H20N2O4/c1-17-12-9-11(10-14(18)16-6-8-20-2)3-4-13(12)21-7-5-15(17)19/h3-4,9H,5-8,10H2,1-2H3,(H,16,18). The summed E-state index contributed by atoms with van der Waals surface area (Å²) in [6.45, 7) is 1.36. The summed E-state index contributed by atoms with van der Waals surface area (Å²) in [6.07, 6.45) is 0.622. The quantitative estimate of drug-likeness (QED) is 0.813. The molecule has 0 aliphatic carbocycles. The van der Waals surface area contributed by atoms with Gasteiger partial charge in [0, 0.05) is 20.7 Å². The van der Waals surface area contributed by atoms with Crippen LogP contribution >= 0.6 is 0 Å². The first-order valence-electron chi connectivity index (χ1n) is 6.89. The maximum atomic E-state index is 11.8. The molecule has 0 radical (unpaired) electrons. The van der Waals surface area contributed by atoms with Gasteiger partial charge in [-0.25, -0.2) is 0 Å². The number of nitrogens with zero attached hydrogens (tertiary/aromatic N) is 1. The van der Waals surface area contributed by atoms with Gasteiger partial charge < -0.3 is 19.7 Å². The number of methoxy groups -OCH3 is 1. The van der Waals surface area contributed by atoms with Crippen molar-refractivity contribution >= 4 is 17.5 Å². The first-order chi connectivity index (χ1) is 10.1. The summed E-state index contributed by atoms with van der Waals surface area (Å²) in [7, 11) is 3.31. The van der Waals surface area contributed by atoms with Gasteiger partial charge in [0.05, 0.1) is 31.7 Å². The maximum absolute atomic E-state index is 11.8. The molecule has 0 atom stereocenters. The topological polar surface area (TPSA) is 67.9 Å². The fourth-order valence-electron chi connectivity index (χ4n) is 2.15. The molecule has 1 aliphatic heterocycles. The summed E-state index contributed by atoms with van der Waals surface area (Å²) in [5, 5.41) is 2.77. The molecule has 2 rings (SSSR count). The Kier molecular flexibility index (Phi) is 5.16. The van der Waals surface area contributed by atoms with E-state index in [0.717, 1.165) is 5.56 Å². The first kappa shape index (κ1) is 15.3. The molecular formula is C15H20N2O4. The molecule has 0 bridgehead atoms. The van der Waals surface area contributed by atoms with Crippen LogP contribution in [-0.4, -0.2) is 45.7 Å². The zero-order valence-corrected chi connectivity index (χ0v) is 12.3. The normalized spacial score (nSPS) is 14.2. The molecular weight excluding hydrogens is 272 g/mol. The molecule has 0 unspecified atom stereocenters. The van der Waals surface area contributed by atoms with Crippen LogP contribution in [0, 0.1) is 0 Å². The van der Waals surface area contributed by atoms with E-state index >= 15 is 0 Å². The van der Waals surface area contributed by atoms with Crippen LogP contribution in [0.25, 0.3) is 0 Å². The summed E-state index contributed by atoms with van der Waals surface area (Å²) >= 11 is 0. The molecule has 1 aliphatic rings. The van der Waals surface area contributed by atoms with E-state index in [1.807, 2.05) is 18.2 Å². The molecule has 1 aromatic rings. The van der Waals surface area contributed by atoms with Crippen molar-refractivity contribution in [1.29, 1.82) is 0 Å². The van der Waals surface area contributed by atoms with Crippen LogP contribution in [0.15, 0.2) is 18.2 Å². The van der Waals surface area contributed by atoms with Crippen molar-refractivity contribution in [3.63, 3.8) is 0 Å². The van der Waals surface area contributed by atoms with Crippen LogP contribution in [0.1, 0.15) is 12.0 Å². The summed E-state index contributed by atoms with van der Waals surface area (Å²) in [4.78, 5) is 25.2. The third kappa shape index (κ3) is 3.95. The summed E-state index contributed by atoms with van der Waals surface area (Å²) < 4.78 is 10.4. The summed E-state index contributed by atoms with van der Waals surface area (Å²) in [6, 6.07) is 5.48. The van der Waals surface area contributed by atoms with Gasteiger partial charge >= 0.3 is 0 Å². The summed E-state index contributed by atoms with van der Waals surface area (Å²) in [5.41, 5.74) is 1.55. The van der Waals surface area contributed by atoms with Crippen LogP contribution in [0.3, 0.4) is 0 Å². The number of nitrogens with one attached hydrogen (secondary N) is 1. The molecule has 2 amide bonds. The van der Waals surface area contributed by atoms with Crippen LogP contribution in [0.4, 0.5) is 5.69 Å². The Morgan fingerprint density at radius 2 is 2.29 bits per heavy atom. The maximum Gasteiger partial charge on any atom is 0.230 e. The van der Waals surface area contributed by atoms with Gasteiger partial charge in [0.15, 0.2) is 0 Å². The highest BCUT2D eigenvalue weighted by Gasteiger charge is 2.20. The second-order valence-corrected chi connectivity index (χ2v) is 4.87. The number of ether oxygens (including phenoxy) is 2. The predicted octanol–water partition coefficient (Wildman–Crippen LogP) is 0.737. The number of carbonyl (C=O) groups is 2. The van der Waals surface area contributed by atoms with Gasteiger partial charge in [0.2, 0.25) is 11.8 Å². The van der Waals surface area contributed by atoms with Gasteiger partial charge in [-0.05, 0) is 17.7 Å². The Hall–Kier alpha value is -2.08. The lowest BCUT2D eigenvalue weighted by atomic mass is 10.1. The lowest BCUT2D eigenvalue weighted by Crippen LogP contribution is -2.28. The fourth-order valence-corrected chi connectivity index (χ4v) is 2.15. The Balaban J connectivity index is 2.07. The third-order valence-corrected chi connectivity index (χ3v) is 3.33. The fraction of sp³-hybridized carbons (Fsp3) is 0.467. The average Bonchev–Trinajstić information content (AvgIpc) is 2.60. The molecule has 6 heteroatoms. The van der Waals surface area contributed by atoms with Gasteiger partial charge in [0.1, 0.15) is 5.75 Å². The van der Waals surface area contributed by atoms with Crippen molar-refractivity contribution < 1.29 is 19.1 Å². The van der Waals surface area contributed by atoms with E-state index in [4.69, 9.17) is 9.47 Å². The van der Waals surface area contributed by atoms with Crippen molar-refractivity contribution in [1.82, 2.24) is 5.32 Å². The molecule has 0 aromatic heterocycles. The minimum Gasteiger partial charge on any atom is -0.491 e. The van der Waals surface area contributed by atoms with Crippen molar-refractivity contribution in [3.8, 4) is 5.75 Å². The number of rotatable bonds is 5. The monoisotopic (exact) mass is 292 g/mol. The van der Waals surface area contributed by atoms with Crippen LogP contribution in [-0.2, 0) is 20.7 Å². The predicted molar refractivity (Wildman–Crippen MR) is 78.6 cm³/mol. The van der Waals surface area contributed by atoms with E-state index in [-0.39, 0.29) is 18.2 Å². The van der Waals surface area contributed by atoms with Gasteiger partial charge in [-0.2, -0.15) is 0 Å². The van der Waals surface area contributed by atoms with Crippen LogP contribution in [0.2, 0.25) is 0 Å². The zero-order valence-electron chi connectivity index (χ0n) is 12.3.